The van der Waals surface area contributed by atoms with Gasteiger partial charge in [0.1, 0.15) is 0 Å². The van der Waals surface area contributed by atoms with Gasteiger partial charge in [-0.15, -0.1) is 23.7 Å². The smallest absolute Gasteiger partial charge is 0.383 e. The van der Waals surface area contributed by atoms with Gasteiger partial charge in [-0.25, -0.2) is 4.98 Å². The van der Waals surface area contributed by atoms with E-state index in [4.69, 9.17) is 4.74 Å². The summed E-state index contributed by atoms with van der Waals surface area (Å²) in [5.74, 6) is -0.108. The minimum Gasteiger partial charge on any atom is -0.383 e. The number of ether oxygens (including phenoxy) is 1. The Balaban J connectivity index is 0.00000338. The summed E-state index contributed by atoms with van der Waals surface area (Å²) in [6.07, 6.45) is -3.72. The molecule has 2 N–H and O–H groups in total. The highest BCUT2D eigenvalue weighted by atomic mass is 35.5. The molecular formula is C16H21ClF3N3O2S. The summed E-state index contributed by atoms with van der Waals surface area (Å²) < 4.78 is 43.7. The van der Waals surface area contributed by atoms with Crippen LogP contribution in [-0.4, -0.2) is 44.2 Å². The molecule has 0 spiro atoms. The number of alkyl halides is 3. The Hall–Kier alpha value is -1.42. The SMILES string of the molecule is COCCNCCNC(=O)CCc1nc2cc(C(F)(F)F)ccc2s1.Cl. The lowest BCUT2D eigenvalue weighted by atomic mass is 10.2. The van der Waals surface area contributed by atoms with Gasteiger partial charge in [0.2, 0.25) is 5.91 Å². The predicted octanol–water partition coefficient (Wildman–Crippen LogP) is 3.02. The molecule has 26 heavy (non-hydrogen) atoms. The van der Waals surface area contributed by atoms with Crippen LogP contribution >= 0.6 is 23.7 Å². The normalized spacial score (nSPS) is 11.4. The van der Waals surface area contributed by atoms with Crippen LogP contribution in [0.1, 0.15) is 17.0 Å². The maximum atomic E-state index is 12.7. The fourth-order valence-electron chi connectivity index (χ4n) is 2.16. The molecule has 0 radical (unpaired) electrons. The molecule has 1 aromatic heterocycles. The van der Waals surface area contributed by atoms with E-state index in [2.05, 4.69) is 15.6 Å². The van der Waals surface area contributed by atoms with Crippen molar-refractivity contribution in [3.63, 3.8) is 0 Å². The van der Waals surface area contributed by atoms with E-state index in [1.54, 1.807) is 7.11 Å². The molecule has 0 saturated heterocycles. The number of amides is 1. The van der Waals surface area contributed by atoms with E-state index in [0.717, 1.165) is 18.7 Å². The topological polar surface area (TPSA) is 63.2 Å². The number of aryl methyl sites for hydroxylation is 1. The van der Waals surface area contributed by atoms with Crippen LogP contribution in [0.5, 0.6) is 0 Å². The van der Waals surface area contributed by atoms with Gasteiger partial charge in [0.25, 0.3) is 0 Å². The van der Waals surface area contributed by atoms with Gasteiger partial charge in [-0.1, -0.05) is 0 Å². The fourth-order valence-corrected chi connectivity index (χ4v) is 3.10. The van der Waals surface area contributed by atoms with Crippen molar-refractivity contribution in [2.24, 2.45) is 0 Å². The zero-order chi connectivity index (χ0) is 18.3. The molecule has 1 heterocycles. The summed E-state index contributed by atoms with van der Waals surface area (Å²) in [5.41, 5.74) is -0.395. The molecule has 1 amide bonds. The first-order valence-electron chi connectivity index (χ1n) is 7.83. The number of carbonyl (C=O) groups is 1. The monoisotopic (exact) mass is 411 g/mol. The number of aromatic nitrogens is 1. The van der Waals surface area contributed by atoms with E-state index in [9.17, 15) is 18.0 Å². The van der Waals surface area contributed by atoms with E-state index >= 15 is 0 Å². The number of nitrogens with zero attached hydrogens (tertiary/aromatic N) is 1. The maximum Gasteiger partial charge on any atom is 0.416 e. The fraction of sp³-hybridized carbons (Fsp3) is 0.500. The lowest BCUT2D eigenvalue weighted by Gasteiger charge is -2.05. The van der Waals surface area contributed by atoms with Gasteiger partial charge in [0, 0.05) is 39.6 Å². The summed E-state index contributed by atoms with van der Waals surface area (Å²) in [6, 6.07) is 3.51. The van der Waals surface area contributed by atoms with E-state index in [1.807, 2.05) is 0 Å². The van der Waals surface area contributed by atoms with E-state index in [1.165, 1.54) is 17.4 Å². The quantitative estimate of drug-likeness (QED) is 0.623. The Labute approximate surface area is 159 Å². The Morgan fingerprint density at radius 1 is 1.27 bits per heavy atom. The largest absolute Gasteiger partial charge is 0.416 e. The number of rotatable bonds is 9. The number of nitrogens with one attached hydrogen (secondary N) is 2. The van der Waals surface area contributed by atoms with Gasteiger partial charge in [0.15, 0.2) is 0 Å². The Bertz CT molecular complexity index is 710. The van der Waals surface area contributed by atoms with Crippen LogP contribution in [-0.2, 0) is 22.1 Å². The molecule has 0 bridgehead atoms. The summed E-state index contributed by atoms with van der Waals surface area (Å²) >= 11 is 1.31. The lowest BCUT2D eigenvalue weighted by Crippen LogP contribution is -2.33. The van der Waals surface area contributed by atoms with Crippen LogP contribution in [0.3, 0.4) is 0 Å². The molecular weight excluding hydrogens is 391 g/mol. The van der Waals surface area contributed by atoms with Crippen LogP contribution in [0, 0.1) is 0 Å². The van der Waals surface area contributed by atoms with Crippen LogP contribution in [0.4, 0.5) is 13.2 Å². The third-order valence-electron chi connectivity index (χ3n) is 3.43. The molecule has 0 unspecified atom stereocenters. The molecule has 0 saturated carbocycles. The number of benzene rings is 1. The number of thiazole rings is 1. The molecule has 2 rings (SSSR count). The second-order valence-electron chi connectivity index (χ2n) is 5.38. The second kappa shape index (κ2) is 10.7. The molecule has 0 aliphatic carbocycles. The van der Waals surface area contributed by atoms with Crippen LogP contribution in [0.2, 0.25) is 0 Å². The molecule has 0 fully saturated rings. The second-order valence-corrected chi connectivity index (χ2v) is 6.50. The van der Waals surface area contributed by atoms with Crippen LogP contribution in [0.15, 0.2) is 18.2 Å². The van der Waals surface area contributed by atoms with E-state index in [0.29, 0.717) is 41.3 Å². The lowest BCUT2D eigenvalue weighted by molar-refractivity contribution is -0.137. The summed E-state index contributed by atoms with van der Waals surface area (Å²) in [7, 11) is 1.62. The van der Waals surface area contributed by atoms with Crippen molar-refractivity contribution in [1.82, 2.24) is 15.6 Å². The Kier molecular flexibility index (Phi) is 9.28. The third kappa shape index (κ3) is 7.06. The van der Waals surface area contributed by atoms with Gasteiger partial charge < -0.3 is 15.4 Å². The highest BCUT2D eigenvalue weighted by Gasteiger charge is 2.30. The number of hydrogen-bond donors (Lipinski definition) is 2. The molecule has 0 aliphatic rings. The van der Waals surface area contributed by atoms with Gasteiger partial charge in [0.05, 0.1) is 27.4 Å². The number of methoxy groups -OCH3 is 1. The minimum atomic E-state index is -4.38. The van der Waals surface area contributed by atoms with Crippen molar-refractivity contribution in [2.75, 3.05) is 33.4 Å². The van der Waals surface area contributed by atoms with Crippen LogP contribution in [0.25, 0.3) is 10.2 Å². The molecule has 0 atom stereocenters. The van der Waals surface area contributed by atoms with E-state index < -0.39 is 11.7 Å². The number of carbonyl (C=O) groups excluding carboxylic acids is 1. The molecule has 0 aliphatic heterocycles. The number of fused-ring (bicyclic) bond motifs is 1. The van der Waals surface area contributed by atoms with Crippen molar-refractivity contribution >= 4 is 39.9 Å². The molecule has 10 heteroatoms. The molecule has 5 nitrogen and oxygen atoms in total. The summed E-state index contributed by atoms with van der Waals surface area (Å²) in [5, 5.41) is 6.54. The minimum absolute atomic E-state index is 0. The summed E-state index contributed by atoms with van der Waals surface area (Å²) in [6.45, 7) is 2.49. The van der Waals surface area contributed by atoms with Gasteiger partial charge in [-0.2, -0.15) is 13.2 Å². The average molecular weight is 412 g/mol. The van der Waals surface area contributed by atoms with Gasteiger partial charge in [-0.3, -0.25) is 4.79 Å². The molecule has 2 aromatic rings. The standard InChI is InChI=1S/C16H20F3N3O2S.ClH/c1-24-9-8-20-6-7-21-14(23)4-5-15-22-12-10-11(16(17,18)19)2-3-13(12)25-15;/h2-3,10,20H,4-9H2,1H3,(H,21,23);1H. The number of halogens is 4. The zero-order valence-electron chi connectivity index (χ0n) is 14.2. The first-order chi connectivity index (χ1) is 11.9. The Morgan fingerprint density at radius 3 is 2.73 bits per heavy atom. The molecule has 1 aromatic carbocycles. The van der Waals surface area contributed by atoms with Gasteiger partial charge >= 0.3 is 6.18 Å². The average Bonchev–Trinajstić information content (AvgIpc) is 2.97. The van der Waals surface area contributed by atoms with Crippen LogP contribution < -0.4 is 10.6 Å². The van der Waals surface area contributed by atoms with Crippen molar-refractivity contribution < 1.29 is 22.7 Å². The summed E-state index contributed by atoms with van der Waals surface area (Å²) in [4.78, 5) is 16.0. The molecule has 146 valence electrons. The predicted molar refractivity (Wildman–Crippen MR) is 97.9 cm³/mol. The zero-order valence-corrected chi connectivity index (χ0v) is 15.8. The maximum absolute atomic E-state index is 12.7. The number of hydrogen-bond acceptors (Lipinski definition) is 5. The van der Waals surface area contributed by atoms with E-state index in [-0.39, 0.29) is 24.7 Å². The highest BCUT2D eigenvalue weighted by molar-refractivity contribution is 7.18. The van der Waals surface area contributed by atoms with Gasteiger partial charge in [-0.05, 0) is 18.2 Å². The first-order valence-corrected chi connectivity index (χ1v) is 8.65. The third-order valence-corrected chi connectivity index (χ3v) is 4.53. The first kappa shape index (κ1) is 22.6. The highest BCUT2D eigenvalue weighted by Crippen LogP contribution is 2.33. The van der Waals surface area contributed by atoms with Crippen molar-refractivity contribution in [3.05, 3.63) is 28.8 Å². The van der Waals surface area contributed by atoms with Crippen molar-refractivity contribution in [3.8, 4) is 0 Å². The van der Waals surface area contributed by atoms with Crippen molar-refractivity contribution in [1.29, 1.82) is 0 Å². The Morgan fingerprint density at radius 2 is 2.04 bits per heavy atom. The van der Waals surface area contributed by atoms with Crippen molar-refractivity contribution in [2.45, 2.75) is 19.0 Å².